The lowest BCUT2D eigenvalue weighted by molar-refractivity contribution is 0.213. The smallest absolute Gasteiger partial charge is 0.246 e. The van der Waals surface area contributed by atoms with E-state index in [4.69, 9.17) is 5.11 Å². The van der Waals surface area contributed by atoms with Crippen LogP contribution in [-0.4, -0.2) is 42.6 Å². The molecule has 0 fully saturated rings. The topological polar surface area (TPSA) is 77.8 Å². The Morgan fingerprint density at radius 3 is 2.44 bits per heavy atom. The molecule has 0 saturated carbocycles. The number of benzene rings is 1. The molecule has 0 aromatic heterocycles. The van der Waals surface area contributed by atoms with Crippen molar-refractivity contribution in [3.63, 3.8) is 0 Å². The first-order valence-electron chi connectivity index (χ1n) is 4.78. The fourth-order valence-corrected chi connectivity index (χ4v) is 2.62. The molecule has 0 amide bonds. The van der Waals surface area contributed by atoms with Gasteiger partial charge >= 0.3 is 0 Å². The summed E-state index contributed by atoms with van der Waals surface area (Å²) in [5.41, 5.74) is 0. The van der Waals surface area contributed by atoms with Gasteiger partial charge in [0.1, 0.15) is 10.6 Å². The third-order valence-electron chi connectivity index (χ3n) is 2.41. The van der Waals surface area contributed by atoms with Crippen molar-refractivity contribution >= 4 is 10.0 Å². The summed E-state index contributed by atoms with van der Waals surface area (Å²) < 4.78 is 25.0. The summed E-state index contributed by atoms with van der Waals surface area (Å²) in [7, 11) is -2.39. The molecule has 0 aliphatic carbocycles. The van der Waals surface area contributed by atoms with Gasteiger partial charge in [-0.15, -0.1) is 0 Å². The Morgan fingerprint density at radius 1 is 1.38 bits per heavy atom. The van der Waals surface area contributed by atoms with E-state index in [2.05, 4.69) is 0 Å². The Bertz CT molecular complexity index is 458. The van der Waals surface area contributed by atoms with Gasteiger partial charge < -0.3 is 10.2 Å². The Hall–Kier alpha value is -1.11. The molecular formula is C10H15NO4S. The number of nitrogens with zero attached hydrogens (tertiary/aromatic N) is 1. The summed E-state index contributed by atoms with van der Waals surface area (Å²) in [4.78, 5) is -0.155. The van der Waals surface area contributed by atoms with E-state index >= 15 is 0 Å². The predicted octanol–water partition coefficient (Wildman–Crippen LogP) is 0.394. The minimum Gasteiger partial charge on any atom is -0.507 e. The van der Waals surface area contributed by atoms with E-state index in [1.54, 1.807) is 13.0 Å². The molecule has 0 saturated heterocycles. The second kappa shape index (κ2) is 4.82. The Balaban J connectivity index is 3.17. The number of phenols is 1. The molecule has 2 N–H and O–H groups in total. The Labute approximate surface area is 95.0 Å². The minimum atomic E-state index is -3.76. The van der Waals surface area contributed by atoms with Gasteiger partial charge in [-0.3, -0.25) is 0 Å². The van der Waals surface area contributed by atoms with Crippen LogP contribution in [0.4, 0.5) is 0 Å². The molecule has 1 atom stereocenters. The van der Waals surface area contributed by atoms with Gasteiger partial charge in [0.25, 0.3) is 0 Å². The molecule has 6 heteroatoms. The maximum atomic E-state index is 12.0. The van der Waals surface area contributed by atoms with E-state index in [0.29, 0.717) is 0 Å². The maximum Gasteiger partial charge on any atom is 0.246 e. The standard InChI is InChI=1S/C10H15NO4S/c1-8(7-12)11(2)16(14,15)10-6-4-3-5-9(10)13/h3-6,8,12-13H,7H2,1-2H3. The van der Waals surface area contributed by atoms with Gasteiger partial charge in [-0.25, -0.2) is 8.42 Å². The van der Waals surface area contributed by atoms with E-state index < -0.39 is 16.1 Å². The average molecular weight is 245 g/mol. The number of aliphatic hydroxyl groups is 1. The molecule has 0 heterocycles. The van der Waals surface area contributed by atoms with Gasteiger partial charge in [0.15, 0.2) is 0 Å². The molecule has 16 heavy (non-hydrogen) atoms. The van der Waals surface area contributed by atoms with E-state index in [1.165, 1.54) is 25.2 Å². The van der Waals surface area contributed by atoms with Gasteiger partial charge in [0.05, 0.1) is 6.61 Å². The van der Waals surface area contributed by atoms with Crippen molar-refractivity contribution in [1.29, 1.82) is 0 Å². The molecule has 0 aliphatic heterocycles. The van der Waals surface area contributed by atoms with E-state index in [1.807, 2.05) is 0 Å². The van der Waals surface area contributed by atoms with Crippen LogP contribution >= 0.6 is 0 Å². The fraction of sp³-hybridized carbons (Fsp3) is 0.400. The number of phenolic OH excluding ortho intramolecular Hbond substituents is 1. The molecule has 1 aromatic carbocycles. The number of para-hydroxylation sites is 1. The van der Waals surface area contributed by atoms with Gasteiger partial charge in [-0.2, -0.15) is 4.31 Å². The van der Waals surface area contributed by atoms with Crippen molar-refractivity contribution in [2.45, 2.75) is 17.9 Å². The average Bonchev–Trinajstić information content (AvgIpc) is 2.27. The zero-order chi connectivity index (χ0) is 12.3. The van der Waals surface area contributed by atoms with Gasteiger partial charge in [0.2, 0.25) is 10.0 Å². The molecule has 5 nitrogen and oxygen atoms in total. The lowest BCUT2D eigenvalue weighted by atomic mass is 10.3. The lowest BCUT2D eigenvalue weighted by Gasteiger charge is -2.22. The third-order valence-corrected chi connectivity index (χ3v) is 4.43. The summed E-state index contributed by atoms with van der Waals surface area (Å²) in [6, 6.07) is 5.17. The zero-order valence-corrected chi connectivity index (χ0v) is 9.98. The second-order valence-corrected chi connectivity index (χ2v) is 5.49. The highest BCUT2D eigenvalue weighted by atomic mass is 32.2. The number of hydrogen-bond donors (Lipinski definition) is 2. The molecule has 0 spiro atoms. The Kier molecular flexibility index (Phi) is 3.90. The van der Waals surface area contributed by atoms with Crippen molar-refractivity contribution in [2.75, 3.05) is 13.7 Å². The van der Waals surface area contributed by atoms with Gasteiger partial charge in [0, 0.05) is 13.1 Å². The lowest BCUT2D eigenvalue weighted by Crippen LogP contribution is -2.37. The molecule has 90 valence electrons. The van der Waals surface area contributed by atoms with Crippen LogP contribution in [-0.2, 0) is 10.0 Å². The number of hydrogen-bond acceptors (Lipinski definition) is 4. The molecule has 0 aliphatic rings. The number of sulfonamides is 1. The molecule has 0 bridgehead atoms. The highest BCUT2D eigenvalue weighted by molar-refractivity contribution is 7.89. The molecule has 1 unspecified atom stereocenters. The number of aliphatic hydroxyl groups excluding tert-OH is 1. The summed E-state index contributed by atoms with van der Waals surface area (Å²) in [6.07, 6.45) is 0. The minimum absolute atomic E-state index is 0.155. The van der Waals surface area contributed by atoms with Crippen molar-refractivity contribution < 1.29 is 18.6 Å². The van der Waals surface area contributed by atoms with Crippen molar-refractivity contribution in [3.8, 4) is 5.75 Å². The van der Waals surface area contributed by atoms with Crippen LogP contribution in [0.15, 0.2) is 29.2 Å². The van der Waals surface area contributed by atoms with Crippen LogP contribution < -0.4 is 0 Å². The largest absolute Gasteiger partial charge is 0.507 e. The van der Waals surface area contributed by atoms with E-state index in [-0.39, 0.29) is 17.3 Å². The van der Waals surface area contributed by atoms with Crippen molar-refractivity contribution in [3.05, 3.63) is 24.3 Å². The van der Waals surface area contributed by atoms with Crippen LogP contribution in [0.5, 0.6) is 5.75 Å². The summed E-state index contributed by atoms with van der Waals surface area (Å²) in [5, 5.41) is 18.4. The van der Waals surface area contributed by atoms with Crippen LogP contribution in [0.3, 0.4) is 0 Å². The first-order chi connectivity index (χ1) is 7.41. The van der Waals surface area contributed by atoms with Crippen LogP contribution in [0.2, 0.25) is 0 Å². The monoisotopic (exact) mass is 245 g/mol. The number of aromatic hydroxyl groups is 1. The fourth-order valence-electron chi connectivity index (χ4n) is 1.18. The van der Waals surface area contributed by atoms with Crippen LogP contribution in [0.1, 0.15) is 6.92 Å². The maximum absolute atomic E-state index is 12.0. The highest BCUT2D eigenvalue weighted by Gasteiger charge is 2.27. The highest BCUT2D eigenvalue weighted by Crippen LogP contribution is 2.25. The number of rotatable bonds is 4. The molecule has 0 radical (unpaired) electrons. The normalized spacial score (nSPS) is 14.0. The van der Waals surface area contributed by atoms with E-state index in [0.717, 1.165) is 4.31 Å². The molecular weight excluding hydrogens is 230 g/mol. The third kappa shape index (κ3) is 2.34. The van der Waals surface area contributed by atoms with Gasteiger partial charge in [-0.05, 0) is 19.1 Å². The quantitative estimate of drug-likeness (QED) is 0.804. The predicted molar refractivity (Wildman–Crippen MR) is 59.6 cm³/mol. The SMILES string of the molecule is CC(CO)N(C)S(=O)(=O)c1ccccc1O. The Morgan fingerprint density at radius 2 is 1.94 bits per heavy atom. The summed E-state index contributed by atoms with van der Waals surface area (Å²) in [6.45, 7) is 1.31. The van der Waals surface area contributed by atoms with Gasteiger partial charge in [-0.1, -0.05) is 12.1 Å². The summed E-state index contributed by atoms with van der Waals surface area (Å²) >= 11 is 0. The van der Waals surface area contributed by atoms with Crippen molar-refractivity contribution in [2.24, 2.45) is 0 Å². The second-order valence-electron chi connectivity index (χ2n) is 3.52. The van der Waals surface area contributed by atoms with Crippen molar-refractivity contribution in [1.82, 2.24) is 4.31 Å². The van der Waals surface area contributed by atoms with Crippen LogP contribution in [0.25, 0.3) is 0 Å². The summed E-state index contributed by atoms with van der Waals surface area (Å²) in [5.74, 6) is -0.292. The first-order valence-corrected chi connectivity index (χ1v) is 6.22. The van der Waals surface area contributed by atoms with E-state index in [9.17, 15) is 13.5 Å². The molecule has 1 aromatic rings. The van der Waals surface area contributed by atoms with Crippen LogP contribution in [0, 0.1) is 0 Å². The first kappa shape index (κ1) is 13.0. The molecule has 1 rings (SSSR count). The zero-order valence-electron chi connectivity index (χ0n) is 9.16. The number of likely N-dealkylation sites (N-methyl/N-ethyl adjacent to an activating group) is 1.